The van der Waals surface area contributed by atoms with Gasteiger partial charge in [-0.25, -0.2) is 0 Å². The molecule has 1 aliphatic carbocycles. The van der Waals surface area contributed by atoms with Crippen LogP contribution in [0.4, 0.5) is 5.69 Å². The molecule has 1 saturated carbocycles. The Morgan fingerprint density at radius 3 is 2.48 bits per heavy atom. The second-order valence-electron chi connectivity index (χ2n) is 9.22. The molecule has 1 saturated heterocycles. The summed E-state index contributed by atoms with van der Waals surface area (Å²) in [5.41, 5.74) is 2.82. The highest BCUT2D eigenvalue weighted by Gasteiger charge is 2.44. The number of rotatable bonds is 8. The Hall–Kier alpha value is -2.41. The number of benzene rings is 3. The standard InChI is InChI=1S/C27H33N3O2S/c1-29-13-15-30(16-14-29)25-18-22(9-10-26(25)32-3)33-28-19-27(11-12-27)24-6-4-5-20-7-8-21(31-2)17-23(20)24/h4-10,17-18,28H,11-16,19H2,1-3H3. The molecular formula is C27H33N3O2S. The van der Waals surface area contributed by atoms with Crippen LogP contribution >= 0.6 is 11.9 Å². The van der Waals surface area contributed by atoms with Crippen LogP contribution in [0.15, 0.2) is 59.5 Å². The summed E-state index contributed by atoms with van der Waals surface area (Å²) in [4.78, 5) is 6.04. The number of hydrogen-bond acceptors (Lipinski definition) is 6. The number of nitrogens with zero attached hydrogens (tertiary/aromatic N) is 2. The van der Waals surface area contributed by atoms with Gasteiger partial charge in [-0.15, -0.1) is 0 Å². The average Bonchev–Trinajstić information content (AvgIpc) is 3.64. The Morgan fingerprint density at radius 2 is 1.76 bits per heavy atom. The maximum Gasteiger partial charge on any atom is 0.142 e. The zero-order valence-electron chi connectivity index (χ0n) is 19.8. The fraction of sp³-hybridized carbons (Fsp3) is 0.407. The van der Waals surface area contributed by atoms with Gasteiger partial charge in [0.2, 0.25) is 0 Å². The first kappa shape index (κ1) is 22.4. The van der Waals surface area contributed by atoms with Gasteiger partial charge in [-0.05, 0) is 78.5 Å². The lowest BCUT2D eigenvalue weighted by molar-refractivity contribution is 0.311. The van der Waals surface area contributed by atoms with Crippen molar-refractivity contribution in [2.24, 2.45) is 0 Å². The molecule has 1 aliphatic heterocycles. The average molecular weight is 464 g/mol. The number of anilines is 1. The van der Waals surface area contributed by atoms with Gasteiger partial charge in [0.05, 0.1) is 19.9 Å². The van der Waals surface area contributed by atoms with Crippen LogP contribution in [0.1, 0.15) is 18.4 Å². The second-order valence-corrected chi connectivity index (χ2v) is 10.2. The molecule has 2 fully saturated rings. The van der Waals surface area contributed by atoms with Gasteiger partial charge in [0.15, 0.2) is 0 Å². The van der Waals surface area contributed by atoms with Crippen LogP contribution in [0.2, 0.25) is 0 Å². The van der Waals surface area contributed by atoms with E-state index in [2.05, 4.69) is 70.1 Å². The SMILES string of the molecule is COc1ccc2cccc(C3(CNSc4ccc(OC)c(N5CCN(C)CC5)c4)CC3)c2c1. The van der Waals surface area contributed by atoms with E-state index in [9.17, 15) is 0 Å². The minimum atomic E-state index is 0.200. The number of hydrogen-bond donors (Lipinski definition) is 1. The third-order valence-electron chi connectivity index (χ3n) is 7.11. The maximum absolute atomic E-state index is 5.67. The molecule has 0 spiro atoms. The molecule has 0 atom stereocenters. The van der Waals surface area contributed by atoms with E-state index in [1.54, 1.807) is 26.2 Å². The highest BCUT2D eigenvalue weighted by atomic mass is 32.2. The topological polar surface area (TPSA) is 37.0 Å². The molecular weight excluding hydrogens is 430 g/mol. The van der Waals surface area contributed by atoms with Gasteiger partial charge in [0, 0.05) is 43.0 Å². The van der Waals surface area contributed by atoms with Crippen molar-refractivity contribution in [2.45, 2.75) is 23.2 Å². The summed E-state index contributed by atoms with van der Waals surface area (Å²) in [7, 11) is 5.68. The van der Waals surface area contributed by atoms with E-state index in [4.69, 9.17) is 9.47 Å². The summed E-state index contributed by atoms with van der Waals surface area (Å²) in [6, 6.07) is 19.6. The van der Waals surface area contributed by atoms with Crippen LogP contribution in [-0.4, -0.2) is 58.9 Å². The van der Waals surface area contributed by atoms with E-state index in [1.165, 1.54) is 39.8 Å². The molecule has 2 aliphatic rings. The summed E-state index contributed by atoms with van der Waals surface area (Å²) < 4.78 is 14.9. The van der Waals surface area contributed by atoms with Crippen molar-refractivity contribution in [3.05, 3.63) is 60.2 Å². The van der Waals surface area contributed by atoms with Crippen molar-refractivity contribution in [2.75, 3.05) is 58.9 Å². The Kier molecular flexibility index (Phi) is 6.41. The predicted octanol–water partition coefficient (Wildman–Crippen LogP) is 4.94. The summed E-state index contributed by atoms with van der Waals surface area (Å²) >= 11 is 1.73. The Morgan fingerprint density at radius 1 is 0.939 bits per heavy atom. The van der Waals surface area contributed by atoms with Gasteiger partial charge in [-0.1, -0.05) is 24.3 Å². The third-order valence-corrected chi connectivity index (χ3v) is 7.89. The van der Waals surface area contributed by atoms with Crippen molar-refractivity contribution in [3.63, 3.8) is 0 Å². The van der Waals surface area contributed by atoms with E-state index < -0.39 is 0 Å². The minimum absolute atomic E-state index is 0.200. The molecule has 0 unspecified atom stereocenters. The zero-order chi connectivity index (χ0) is 22.8. The molecule has 0 radical (unpaired) electrons. The normalized spacial score (nSPS) is 17.8. The molecule has 0 aromatic heterocycles. The lowest BCUT2D eigenvalue weighted by Crippen LogP contribution is -2.44. The first-order valence-electron chi connectivity index (χ1n) is 11.7. The number of likely N-dealkylation sites (N-methyl/N-ethyl adjacent to an activating group) is 1. The summed E-state index contributed by atoms with van der Waals surface area (Å²) in [6.45, 7) is 5.17. The molecule has 6 heteroatoms. The van der Waals surface area contributed by atoms with E-state index in [0.29, 0.717) is 0 Å². The van der Waals surface area contributed by atoms with Gasteiger partial charge in [0.1, 0.15) is 11.5 Å². The van der Waals surface area contributed by atoms with Gasteiger partial charge >= 0.3 is 0 Å². The largest absolute Gasteiger partial charge is 0.497 e. The highest BCUT2D eigenvalue weighted by molar-refractivity contribution is 7.97. The van der Waals surface area contributed by atoms with Crippen LogP contribution in [0.3, 0.4) is 0 Å². The molecule has 3 aromatic rings. The molecule has 0 amide bonds. The van der Waals surface area contributed by atoms with Gasteiger partial charge in [0.25, 0.3) is 0 Å². The Balaban J connectivity index is 1.30. The van der Waals surface area contributed by atoms with Crippen LogP contribution in [0, 0.1) is 0 Å². The van der Waals surface area contributed by atoms with Crippen molar-refractivity contribution in [3.8, 4) is 11.5 Å². The number of methoxy groups -OCH3 is 2. The molecule has 5 rings (SSSR count). The summed E-state index contributed by atoms with van der Waals surface area (Å²) in [5.74, 6) is 1.87. The van der Waals surface area contributed by atoms with Crippen molar-refractivity contribution < 1.29 is 9.47 Å². The monoisotopic (exact) mass is 463 g/mol. The maximum atomic E-state index is 5.67. The van der Waals surface area contributed by atoms with Gasteiger partial charge < -0.3 is 19.3 Å². The van der Waals surface area contributed by atoms with Crippen LogP contribution in [0.25, 0.3) is 10.8 Å². The Labute approximate surface area is 201 Å². The molecule has 1 heterocycles. The van der Waals surface area contributed by atoms with Crippen molar-refractivity contribution >= 4 is 28.4 Å². The highest BCUT2D eigenvalue weighted by Crippen LogP contribution is 2.50. The smallest absolute Gasteiger partial charge is 0.142 e. The number of fused-ring (bicyclic) bond motifs is 1. The molecule has 174 valence electrons. The predicted molar refractivity (Wildman–Crippen MR) is 138 cm³/mol. The fourth-order valence-electron chi connectivity index (χ4n) is 4.82. The van der Waals surface area contributed by atoms with Crippen LogP contribution < -0.4 is 19.1 Å². The molecule has 33 heavy (non-hydrogen) atoms. The Bertz CT molecular complexity index is 1120. The minimum Gasteiger partial charge on any atom is -0.497 e. The number of nitrogens with one attached hydrogen (secondary N) is 1. The first-order valence-corrected chi connectivity index (χ1v) is 12.5. The third kappa shape index (κ3) is 4.65. The number of piperazine rings is 1. The van der Waals surface area contributed by atoms with Crippen LogP contribution in [-0.2, 0) is 5.41 Å². The van der Waals surface area contributed by atoms with E-state index >= 15 is 0 Å². The lowest BCUT2D eigenvalue weighted by atomic mass is 9.91. The summed E-state index contributed by atoms with van der Waals surface area (Å²) in [6.07, 6.45) is 2.43. The summed E-state index contributed by atoms with van der Waals surface area (Å²) in [5, 5.41) is 2.59. The second kappa shape index (κ2) is 9.45. The first-order chi connectivity index (χ1) is 16.1. The molecule has 3 aromatic carbocycles. The molecule has 5 nitrogen and oxygen atoms in total. The van der Waals surface area contributed by atoms with Gasteiger partial charge in [-0.2, -0.15) is 0 Å². The van der Waals surface area contributed by atoms with E-state index in [1.807, 2.05) is 6.07 Å². The fourth-order valence-corrected chi connectivity index (χ4v) is 5.64. The van der Waals surface area contributed by atoms with Crippen molar-refractivity contribution in [1.82, 2.24) is 9.62 Å². The molecule has 1 N–H and O–H groups in total. The quantitative estimate of drug-likeness (QED) is 0.477. The lowest BCUT2D eigenvalue weighted by Gasteiger charge is -2.34. The van der Waals surface area contributed by atoms with Gasteiger partial charge in [-0.3, -0.25) is 4.72 Å². The number of ether oxygens (including phenoxy) is 2. The van der Waals surface area contributed by atoms with Crippen molar-refractivity contribution in [1.29, 1.82) is 0 Å². The zero-order valence-corrected chi connectivity index (χ0v) is 20.6. The molecule has 0 bridgehead atoms. The van der Waals surface area contributed by atoms with E-state index in [-0.39, 0.29) is 5.41 Å². The van der Waals surface area contributed by atoms with E-state index in [0.717, 1.165) is 44.2 Å². The van der Waals surface area contributed by atoms with Crippen LogP contribution in [0.5, 0.6) is 11.5 Å².